The van der Waals surface area contributed by atoms with Crippen molar-refractivity contribution in [2.75, 3.05) is 6.61 Å². The molecule has 0 saturated carbocycles. The van der Waals surface area contributed by atoms with Gasteiger partial charge in [-0.1, -0.05) is 60.3 Å². The second kappa shape index (κ2) is 7.88. The second-order valence-corrected chi connectivity index (χ2v) is 7.64. The smallest absolute Gasteiger partial charge is 0.256 e. The van der Waals surface area contributed by atoms with Gasteiger partial charge in [0.1, 0.15) is 5.75 Å². The summed E-state index contributed by atoms with van der Waals surface area (Å²) in [6.07, 6.45) is 2.45. The van der Waals surface area contributed by atoms with Gasteiger partial charge in [-0.15, -0.1) is 0 Å². The van der Waals surface area contributed by atoms with E-state index in [-0.39, 0.29) is 17.2 Å². The van der Waals surface area contributed by atoms with Gasteiger partial charge in [0.25, 0.3) is 5.22 Å². The van der Waals surface area contributed by atoms with Gasteiger partial charge in [0, 0.05) is 17.5 Å². The molecule has 0 fully saturated rings. The van der Waals surface area contributed by atoms with E-state index in [1.807, 2.05) is 61.5 Å². The Morgan fingerprint density at radius 2 is 1.96 bits per heavy atom. The fraction of sp³-hybridized carbons (Fsp3) is 0.238. The van der Waals surface area contributed by atoms with Crippen molar-refractivity contribution in [3.63, 3.8) is 0 Å². The maximum absolute atomic E-state index is 12.7. The van der Waals surface area contributed by atoms with Crippen LogP contribution in [0.25, 0.3) is 11.3 Å². The first-order valence-electron chi connectivity index (χ1n) is 8.91. The Balaban J connectivity index is 1.40. The van der Waals surface area contributed by atoms with Crippen molar-refractivity contribution in [2.45, 2.75) is 29.9 Å². The highest BCUT2D eigenvalue weighted by atomic mass is 32.2. The van der Waals surface area contributed by atoms with Gasteiger partial charge in [-0.3, -0.25) is 4.79 Å². The van der Waals surface area contributed by atoms with Crippen LogP contribution in [0.4, 0.5) is 0 Å². The minimum Gasteiger partial charge on any atom is -0.493 e. The van der Waals surface area contributed by atoms with Gasteiger partial charge in [-0.25, -0.2) is 4.98 Å². The predicted octanol–water partition coefficient (Wildman–Crippen LogP) is 4.46. The highest BCUT2D eigenvalue weighted by Crippen LogP contribution is 2.33. The van der Waals surface area contributed by atoms with Crippen LogP contribution in [-0.4, -0.2) is 22.7 Å². The standard InChI is InChI=1S/C21H20N2O3S/c1-14(27-21-22-13-19(26-21)15-7-3-2-4-8-15)20(24)23-17-11-12-25-18-10-6-5-9-16(17)18/h2-10,13-14,17H,11-12H2,1H3,(H,23,24)/t14-,17+/m0/s1. The van der Waals surface area contributed by atoms with Crippen LogP contribution in [0.5, 0.6) is 5.75 Å². The fourth-order valence-corrected chi connectivity index (χ4v) is 3.76. The summed E-state index contributed by atoms with van der Waals surface area (Å²) < 4.78 is 11.4. The van der Waals surface area contributed by atoms with E-state index in [2.05, 4.69) is 10.3 Å². The summed E-state index contributed by atoms with van der Waals surface area (Å²) in [4.78, 5) is 17.0. The molecular formula is C21H20N2O3S. The third-order valence-corrected chi connectivity index (χ3v) is 5.42. The molecule has 5 nitrogen and oxygen atoms in total. The highest BCUT2D eigenvalue weighted by Gasteiger charge is 2.25. The molecule has 138 valence electrons. The Labute approximate surface area is 162 Å². The number of nitrogens with zero attached hydrogens (tertiary/aromatic N) is 1. The molecule has 0 saturated heterocycles. The molecule has 0 radical (unpaired) electrons. The van der Waals surface area contributed by atoms with Crippen molar-refractivity contribution in [3.8, 4) is 17.1 Å². The SMILES string of the molecule is C[C@H](Sc1ncc(-c2ccccc2)o1)C(=O)N[C@@H]1CCOc2ccccc21. The lowest BCUT2D eigenvalue weighted by Gasteiger charge is -2.27. The first kappa shape index (κ1) is 17.7. The van der Waals surface area contributed by atoms with Crippen molar-refractivity contribution >= 4 is 17.7 Å². The minimum absolute atomic E-state index is 0.0325. The van der Waals surface area contributed by atoms with Gasteiger partial charge in [-0.05, 0) is 13.0 Å². The van der Waals surface area contributed by atoms with E-state index in [4.69, 9.17) is 9.15 Å². The average Bonchev–Trinajstić information content (AvgIpc) is 3.17. The maximum atomic E-state index is 12.7. The number of amides is 1. The average molecular weight is 380 g/mol. The molecule has 1 aliphatic heterocycles. The number of hydrogen-bond acceptors (Lipinski definition) is 5. The third kappa shape index (κ3) is 4.01. The van der Waals surface area contributed by atoms with Crippen LogP contribution in [0.1, 0.15) is 24.9 Å². The number of oxazole rings is 1. The van der Waals surface area contributed by atoms with Gasteiger partial charge in [0.15, 0.2) is 5.76 Å². The summed E-state index contributed by atoms with van der Waals surface area (Å²) in [6.45, 7) is 2.46. The first-order valence-corrected chi connectivity index (χ1v) is 9.78. The molecule has 0 bridgehead atoms. The lowest BCUT2D eigenvalue weighted by molar-refractivity contribution is -0.121. The number of para-hydroxylation sites is 1. The molecule has 1 aromatic heterocycles. The van der Waals surface area contributed by atoms with Crippen LogP contribution in [0.15, 0.2) is 70.4 Å². The Morgan fingerprint density at radius 1 is 1.19 bits per heavy atom. The Bertz CT molecular complexity index is 926. The van der Waals surface area contributed by atoms with E-state index in [1.54, 1.807) is 6.20 Å². The van der Waals surface area contributed by atoms with E-state index in [1.165, 1.54) is 11.8 Å². The van der Waals surface area contributed by atoms with Crippen molar-refractivity contribution < 1.29 is 13.9 Å². The summed E-state index contributed by atoms with van der Waals surface area (Å²) in [5.41, 5.74) is 1.99. The topological polar surface area (TPSA) is 64.4 Å². The van der Waals surface area contributed by atoms with E-state index in [0.29, 0.717) is 17.6 Å². The van der Waals surface area contributed by atoms with E-state index in [9.17, 15) is 4.79 Å². The molecular weight excluding hydrogens is 360 g/mol. The van der Waals surface area contributed by atoms with Crippen LogP contribution in [0, 0.1) is 0 Å². The lowest BCUT2D eigenvalue weighted by Crippen LogP contribution is -2.36. The summed E-state index contributed by atoms with van der Waals surface area (Å²) in [6, 6.07) is 17.6. The number of nitrogens with one attached hydrogen (secondary N) is 1. The van der Waals surface area contributed by atoms with Gasteiger partial charge < -0.3 is 14.5 Å². The quantitative estimate of drug-likeness (QED) is 0.662. The summed E-state index contributed by atoms with van der Waals surface area (Å²) in [5, 5.41) is 3.30. The van der Waals surface area contributed by atoms with Crippen molar-refractivity contribution in [1.82, 2.24) is 10.3 Å². The van der Waals surface area contributed by atoms with Crippen LogP contribution >= 0.6 is 11.8 Å². The molecule has 1 N–H and O–H groups in total. The summed E-state index contributed by atoms with van der Waals surface area (Å²) in [5.74, 6) is 1.50. The second-order valence-electron chi connectivity index (χ2n) is 6.35. The predicted molar refractivity (Wildman–Crippen MR) is 105 cm³/mol. The number of fused-ring (bicyclic) bond motifs is 1. The van der Waals surface area contributed by atoms with E-state index in [0.717, 1.165) is 23.3 Å². The zero-order valence-electron chi connectivity index (χ0n) is 14.9. The van der Waals surface area contributed by atoms with Gasteiger partial charge >= 0.3 is 0 Å². The minimum atomic E-state index is -0.317. The van der Waals surface area contributed by atoms with Gasteiger partial charge in [-0.2, -0.15) is 0 Å². The molecule has 6 heteroatoms. The summed E-state index contributed by atoms with van der Waals surface area (Å²) >= 11 is 1.32. The van der Waals surface area contributed by atoms with Crippen LogP contribution in [-0.2, 0) is 4.79 Å². The molecule has 1 amide bonds. The van der Waals surface area contributed by atoms with Crippen molar-refractivity contribution in [1.29, 1.82) is 0 Å². The van der Waals surface area contributed by atoms with E-state index < -0.39 is 0 Å². The number of carbonyl (C=O) groups is 1. The zero-order valence-corrected chi connectivity index (χ0v) is 15.7. The van der Waals surface area contributed by atoms with Crippen LogP contribution < -0.4 is 10.1 Å². The van der Waals surface area contributed by atoms with Crippen LogP contribution in [0.2, 0.25) is 0 Å². The number of carbonyl (C=O) groups excluding carboxylic acids is 1. The fourth-order valence-electron chi connectivity index (χ4n) is 3.03. The lowest BCUT2D eigenvalue weighted by atomic mass is 10.0. The molecule has 0 aliphatic carbocycles. The maximum Gasteiger partial charge on any atom is 0.256 e. The molecule has 0 unspecified atom stereocenters. The van der Waals surface area contributed by atoms with Crippen molar-refractivity contribution in [3.05, 3.63) is 66.4 Å². The largest absolute Gasteiger partial charge is 0.493 e. The van der Waals surface area contributed by atoms with E-state index >= 15 is 0 Å². The Morgan fingerprint density at radius 3 is 2.81 bits per heavy atom. The number of hydrogen-bond donors (Lipinski definition) is 1. The number of thioether (sulfide) groups is 1. The molecule has 2 heterocycles. The Hall–Kier alpha value is -2.73. The van der Waals surface area contributed by atoms with Gasteiger partial charge in [0.05, 0.1) is 24.1 Å². The van der Waals surface area contributed by atoms with Crippen molar-refractivity contribution in [2.24, 2.45) is 0 Å². The number of rotatable bonds is 5. The normalized spacial score (nSPS) is 16.9. The molecule has 0 spiro atoms. The number of aromatic nitrogens is 1. The highest BCUT2D eigenvalue weighted by molar-refractivity contribution is 8.00. The molecule has 2 atom stereocenters. The zero-order chi connectivity index (χ0) is 18.6. The number of benzene rings is 2. The summed E-state index contributed by atoms with van der Waals surface area (Å²) in [7, 11) is 0. The molecule has 4 rings (SSSR count). The Kier molecular flexibility index (Phi) is 5.16. The molecule has 3 aromatic rings. The first-order chi connectivity index (χ1) is 13.2. The molecule has 2 aromatic carbocycles. The molecule has 27 heavy (non-hydrogen) atoms. The molecule has 1 aliphatic rings. The monoisotopic (exact) mass is 380 g/mol. The third-order valence-electron chi connectivity index (χ3n) is 4.46. The van der Waals surface area contributed by atoms with Crippen LogP contribution in [0.3, 0.4) is 0 Å². The number of ether oxygens (including phenoxy) is 1. The van der Waals surface area contributed by atoms with Gasteiger partial charge in [0.2, 0.25) is 5.91 Å².